The van der Waals surface area contributed by atoms with Gasteiger partial charge in [-0.3, -0.25) is 0 Å². The number of aliphatic hydroxyl groups excluding tert-OH is 1. The van der Waals surface area contributed by atoms with Crippen molar-refractivity contribution in [1.29, 1.82) is 0 Å². The van der Waals surface area contributed by atoms with Crippen LogP contribution >= 0.6 is 0 Å². The molecule has 0 spiro atoms. The minimum Gasteiger partial charge on any atom is -0.494 e. The van der Waals surface area contributed by atoms with Crippen LogP contribution in [0.3, 0.4) is 0 Å². The van der Waals surface area contributed by atoms with E-state index in [1.807, 2.05) is 36.1 Å². The van der Waals surface area contributed by atoms with E-state index in [0.29, 0.717) is 19.6 Å². The molecule has 2 rings (SSSR count). The third-order valence-electron chi connectivity index (χ3n) is 4.03. The molecule has 1 aliphatic heterocycles. The lowest BCUT2D eigenvalue weighted by atomic mass is 10.0. The van der Waals surface area contributed by atoms with Gasteiger partial charge in [0, 0.05) is 25.7 Å². The zero-order valence-corrected chi connectivity index (χ0v) is 13.3. The second-order valence-corrected chi connectivity index (χ2v) is 5.59. The van der Waals surface area contributed by atoms with Crippen molar-refractivity contribution in [2.45, 2.75) is 45.2 Å². The number of ether oxygens (including phenoxy) is 1. The first-order valence-corrected chi connectivity index (χ1v) is 8.11. The number of rotatable bonds is 6. The number of hydrogen-bond acceptors (Lipinski definition) is 3. The number of carbonyl (C=O) groups is 1. The molecule has 5 nitrogen and oxygen atoms in total. The minimum absolute atomic E-state index is 0.0352. The molecule has 5 heteroatoms. The first-order valence-electron chi connectivity index (χ1n) is 8.11. The van der Waals surface area contributed by atoms with Crippen LogP contribution in [0.5, 0.6) is 5.75 Å². The number of piperidine rings is 1. The highest BCUT2D eigenvalue weighted by molar-refractivity contribution is 5.74. The SMILES string of the molecule is CCOc1ccc(CNC(=O)N2CCCCC2CCO)cc1. The van der Waals surface area contributed by atoms with E-state index in [9.17, 15) is 4.79 Å². The Labute approximate surface area is 132 Å². The summed E-state index contributed by atoms with van der Waals surface area (Å²) < 4.78 is 5.40. The second kappa shape index (κ2) is 8.63. The number of benzene rings is 1. The van der Waals surface area contributed by atoms with E-state index in [4.69, 9.17) is 9.84 Å². The molecule has 0 radical (unpaired) electrons. The molecule has 1 aromatic rings. The van der Waals surface area contributed by atoms with Crippen LogP contribution in [0.1, 0.15) is 38.2 Å². The zero-order valence-electron chi connectivity index (χ0n) is 13.3. The van der Waals surface area contributed by atoms with E-state index in [1.54, 1.807) is 0 Å². The van der Waals surface area contributed by atoms with Gasteiger partial charge in [0.25, 0.3) is 0 Å². The number of urea groups is 1. The van der Waals surface area contributed by atoms with E-state index in [-0.39, 0.29) is 18.7 Å². The van der Waals surface area contributed by atoms with Crippen LogP contribution in [-0.4, -0.2) is 41.8 Å². The number of amides is 2. The molecule has 1 unspecified atom stereocenters. The molecule has 0 saturated carbocycles. The number of aliphatic hydroxyl groups is 1. The molecule has 0 aliphatic carbocycles. The van der Waals surface area contributed by atoms with Gasteiger partial charge >= 0.3 is 6.03 Å². The Morgan fingerprint density at radius 1 is 1.36 bits per heavy atom. The predicted molar refractivity (Wildman–Crippen MR) is 85.9 cm³/mol. The third kappa shape index (κ3) is 4.63. The lowest BCUT2D eigenvalue weighted by Gasteiger charge is -2.35. The summed E-state index contributed by atoms with van der Waals surface area (Å²) in [5, 5.41) is 12.1. The molecule has 0 bridgehead atoms. The largest absolute Gasteiger partial charge is 0.494 e. The fraction of sp³-hybridized carbons (Fsp3) is 0.588. The van der Waals surface area contributed by atoms with Crippen molar-refractivity contribution < 1.29 is 14.6 Å². The summed E-state index contributed by atoms with van der Waals surface area (Å²) in [6.45, 7) is 4.02. The van der Waals surface area contributed by atoms with Gasteiger partial charge < -0.3 is 20.1 Å². The Balaban J connectivity index is 1.85. The number of carbonyl (C=O) groups excluding carboxylic acids is 1. The second-order valence-electron chi connectivity index (χ2n) is 5.59. The van der Waals surface area contributed by atoms with Gasteiger partial charge in [0.15, 0.2) is 0 Å². The van der Waals surface area contributed by atoms with E-state index in [2.05, 4.69) is 5.32 Å². The van der Waals surface area contributed by atoms with E-state index < -0.39 is 0 Å². The van der Waals surface area contributed by atoms with Crippen LogP contribution in [0.15, 0.2) is 24.3 Å². The fourth-order valence-corrected chi connectivity index (χ4v) is 2.87. The molecule has 1 saturated heterocycles. The zero-order chi connectivity index (χ0) is 15.8. The van der Waals surface area contributed by atoms with Gasteiger partial charge in [-0.05, 0) is 50.3 Å². The van der Waals surface area contributed by atoms with Crippen LogP contribution in [0.4, 0.5) is 4.79 Å². The highest BCUT2D eigenvalue weighted by Gasteiger charge is 2.25. The smallest absolute Gasteiger partial charge is 0.317 e. The van der Waals surface area contributed by atoms with Crippen LogP contribution in [0.2, 0.25) is 0 Å². The normalized spacial score (nSPS) is 18.1. The molecule has 0 aromatic heterocycles. The summed E-state index contributed by atoms with van der Waals surface area (Å²) in [6.07, 6.45) is 3.82. The van der Waals surface area contributed by atoms with Crippen LogP contribution in [0.25, 0.3) is 0 Å². The van der Waals surface area contributed by atoms with Crippen LogP contribution < -0.4 is 10.1 Å². The topological polar surface area (TPSA) is 61.8 Å². The highest BCUT2D eigenvalue weighted by Crippen LogP contribution is 2.19. The summed E-state index contributed by atoms with van der Waals surface area (Å²) in [7, 11) is 0. The molecule has 2 N–H and O–H groups in total. The van der Waals surface area contributed by atoms with Crippen molar-refractivity contribution in [3.05, 3.63) is 29.8 Å². The van der Waals surface area contributed by atoms with Crippen molar-refractivity contribution >= 4 is 6.03 Å². The summed E-state index contributed by atoms with van der Waals surface area (Å²) in [5.74, 6) is 0.844. The Kier molecular flexibility index (Phi) is 6.52. The van der Waals surface area contributed by atoms with Gasteiger partial charge in [0.2, 0.25) is 0 Å². The molecule has 122 valence electrons. The third-order valence-corrected chi connectivity index (χ3v) is 4.03. The quantitative estimate of drug-likeness (QED) is 0.849. The van der Waals surface area contributed by atoms with Gasteiger partial charge in [-0.2, -0.15) is 0 Å². The van der Waals surface area contributed by atoms with Crippen molar-refractivity contribution in [2.75, 3.05) is 19.8 Å². The molecule has 1 atom stereocenters. The standard InChI is InChI=1S/C17H26N2O3/c1-2-22-16-8-6-14(7-9-16)13-18-17(21)19-11-4-3-5-15(19)10-12-20/h6-9,15,20H,2-5,10-13H2,1H3,(H,18,21). The Hall–Kier alpha value is -1.75. The minimum atomic E-state index is -0.0352. The maximum absolute atomic E-state index is 12.3. The van der Waals surface area contributed by atoms with Crippen molar-refractivity contribution in [2.24, 2.45) is 0 Å². The molecule has 2 amide bonds. The van der Waals surface area contributed by atoms with Crippen LogP contribution in [0, 0.1) is 0 Å². The van der Waals surface area contributed by atoms with Crippen molar-refractivity contribution in [3.63, 3.8) is 0 Å². The maximum Gasteiger partial charge on any atom is 0.317 e. The van der Waals surface area contributed by atoms with Gasteiger partial charge in [-0.1, -0.05) is 12.1 Å². The first-order chi connectivity index (χ1) is 10.7. The summed E-state index contributed by atoms with van der Waals surface area (Å²) >= 11 is 0. The lowest BCUT2D eigenvalue weighted by Crippen LogP contribution is -2.48. The van der Waals surface area contributed by atoms with Gasteiger partial charge in [0.1, 0.15) is 5.75 Å². The monoisotopic (exact) mass is 306 g/mol. The Bertz CT molecular complexity index is 459. The Morgan fingerprint density at radius 3 is 2.82 bits per heavy atom. The number of likely N-dealkylation sites (tertiary alicyclic amines) is 1. The van der Waals surface area contributed by atoms with Gasteiger partial charge in [-0.25, -0.2) is 4.79 Å². The average molecular weight is 306 g/mol. The molecule has 1 aromatic carbocycles. The predicted octanol–water partition coefficient (Wildman–Crippen LogP) is 2.53. The average Bonchev–Trinajstić information content (AvgIpc) is 2.55. The van der Waals surface area contributed by atoms with Gasteiger partial charge in [-0.15, -0.1) is 0 Å². The van der Waals surface area contributed by atoms with Crippen molar-refractivity contribution in [1.82, 2.24) is 10.2 Å². The first kappa shape index (κ1) is 16.6. The molecular weight excluding hydrogens is 280 g/mol. The number of nitrogens with one attached hydrogen (secondary N) is 1. The molecule has 22 heavy (non-hydrogen) atoms. The highest BCUT2D eigenvalue weighted by atomic mass is 16.5. The van der Waals surface area contributed by atoms with E-state index in [1.165, 1.54) is 0 Å². The molecular formula is C17H26N2O3. The van der Waals surface area contributed by atoms with Crippen molar-refractivity contribution in [3.8, 4) is 5.75 Å². The summed E-state index contributed by atoms with van der Waals surface area (Å²) in [4.78, 5) is 14.2. The summed E-state index contributed by atoms with van der Waals surface area (Å²) in [6, 6.07) is 7.89. The molecule has 1 fully saturated rings. The molecule has 1 aliphatic rings. The number of nitrogens with zero attached hydrogens (tertiary/aromatic N) is 1. The maximum atomic E-state index is 12.3. The van der Waals surface area contributed by atoms with E-state index in [0.717, 1.165) is 37.1 Å². The van der Waals surface area contributed by atoms with Gasteiger partial charge in [0.05, 0.1) is 6.61 Å². The molecule has 1 heterocycles. The van der Waals surface area contributed by atoms with Crippen LogP contribution in [-0.2, 0) is 6.54 Å². The summed E-state index contributed by atoms with van der Waals surface area (Å²) in [5.41, 5.74) is 1.05. The number of hydrogen-bond donors (Lipinski definition) is 2. The Morgan fingerprint density at radius 2 is 2.14 bits per heavy atom. The fourth-order valence-electron chi connectivity index (χ4n) is 2.87. The van der Waals surface area contributed by atoms with E-state index >= 15 is 0 Å². The lowest BCUT2D eigenvalue weighted by molar-refractivity contribution is 0.131.